The van der Waals surface area contributed by atoms with Crippen molar-refractivity contribution in [2.24, 2.45) is 0 Å². The third-order valence-corrected chi connectivity index (χ3v) is 1.94. The van der Waals surface area contributed by atoms with Crippen molar-refractivity contribution in [1.82, 2.24) is 15.0 Å². The molecule has 76 valence electrons. The van der Waals surface area contributed by atoms with Crippen LogP contribution in [0.25, 0.3) is 11.4 Å². The van der Waals surface area contributed by atoms with Crippen molar-refractivity contribution in [3.8, 4) is 11.4 Å². The Morgan fingerprint density at radius 3 is 2.40 bits per heavy atom. The van der Waals surface area contributed by atoms with Gasteiger partial charge in [-0.1, -0.05) is 11.6 Å². The minimum atomic E-state index is 0.323. The molecule has 2 aromatic rings. The summed E-state index contributed by atoms with van der Waals surface area (Å²) in [5, 5.41) is 0.323. The molecule has 0 atom stereocenters. The van der Waals surface area contributed by atoms with E-state index in [9.17, 15) is 0 Å². The van der Waals surface area contributed by atoms with E-state index in [2.05, 4.69) is 15.0 Å². The number of nitrogen functional groups attached to an aromatic ring is 2. The Balaban J connectivity index is 2.49. The molecule has 0 saturated carbocycles. The van der Waals surface area contributed by atoms with Crippen molar-refractivity contribution < 1.29 is 0 Å². The first-order valence-electron chi connectivity index (χ1n) is 4.16. The number of nitrogens with zero attached hydrogens (tertiary/aromatic N) is 3. The van der Waals surface area contributed by atoms with Crippen molar-refractivity contribution in [3.05, 3.63) is 29.7 Å². The average molecular weight is 222 g/mol. The van der Waals surface area contributed by atoms with Gasteiger partial charge in [-0.05, 0) is 12.1 Å². The minimum absolute atomic E-state index is 0.323. The van der Waals surface area contributed by atoms with E-state index in [0.29, 0.717) is 28.0 Å². The second-order valence-corrected chi connectivity index (χ2v) is 3.32. The molecule has 0 bridgehead atoms. The van der Waals surface area contributed by atoms with Crippen LogP contribution in [0.4, 0.5) is 11.5 Å². The van der Waals surface area contributed by atoms with Gasteiger partial charge < -0.3 is 11.5 Å². The van der Waals surface area contributed by atoms with E-state index in [4.69, 9.17) is 23.1 Å². The lowest BCUT2D eigenvalue weighted by Gasteiger charge is -2.01. The van der Waals surface area contributed by atoms with Crippen LogP contribution in [0.1, 0.15) is 0 Å². The Morgan fingerprint density at radius 1 is 1.00 bits per heavy atom. The third kappa shape index (κ3) is 2.13. The first kappa shape index (κ1) is 9.67. The summed E-state index contributed by atoms with van der Waals surface area (Å²) in [6, 6.07) is 3.24. The zero-order chi connectivity index (χ0) is 10.8. The van der Waals surface area contributed by atoms with E-state index in [-0.39, 0.29) is 0 Å². The van der Waals surface area contributed by atoms with Gasteiger partial charge in [0.05, 0.1) is 18.1 Å². The highest BCUT2D eigenvalue weighted by molar-refractivity contribution is 6.29. The summed E-state index contributed by atoms with van der Waals surface area (Å²) < 4.78 is 0. The highest BCUT2D eigenvalue weighted by Gasteiger charge is 2.04. The van der Waals surface area contributed by atoms with Crippen molar-refractivity contribution in [2.45, 2.75) is 0 Å². The minimum Gasteiger partial charge on any atom is -0.399 e. The zero-order valence-electron chi connectivity index (χ0n) is 7.68. The van der Waals surface area contributed by atoms with E-state index in [0.717, 1.165) is 0 Å². The van der Waals surface area contributed by atoms with E-state index in [1.165, 1.54) is 12.4 Å². The standard InChI is InChI=1S/C9H8ClN5/c10-8-2-5(11)1-6(15-8)7-3-14-9(12)4-13-7/h1-4H,(H2,11,15)(H2,12,14). The summed E-state index contributed by atoms with van der Waals surface area (Å²) in [4.78, 5) is 12.0. The highest BCUT2D eigenvalue weighted by atomic mass is 35.5. The number of anilines is 2. The van der Waals surface area contributed by atoms with E-state index in [1.807, 2.05) is 0 Å². The summed E-state index contributed by atoms with van der Waals surface area (Å²) in [7, 11) is 0. The fraction of sp³-hybridized carbons (Fsp3) is 0. The Morgan fingerprint density at radius 2 is 1.80 bits per heavy atom. The van der Waals surface area contributed by atoms with E-state index < -0.39 is 0 Å². The second kappa shape index (κ2) is 3.70. The Labute approximate surface area is 91.1 Å². The number of hydrogen-bond acceptors (Lipinski definition) is 5. The molecule has 0 aromatic carbocycles. The van der Waals surface area contributed by atoms with Crippen LogP contribution in [0.3, 0.4) is 0 Å². The Bertz CT molecular complexity index is 462. The van der Waals surface area contributed by atoms with Crippen LogP contribution in [0.5, 0.6) is 0 Å². The number of aromatic nitrogens is 3. The van der Waals surface area contributed by atoms with Gasteiger partial charge in [-0.15, -0.1) is 0 Å². The van der Waals surface area contributed by atoms with Crippen molar-refractivity contribution in [2.75, 3.05) is 11.5 Å². The first-order valence-corrected chi connectivity index (χ1v) is 4.54. The van der Waals surface area contributed by atoms with Crippen LogP contribution in [0, 0.1) is 0 Å². The van der Waals surface area contributed by atoms with E-state index in [1.54, 1.807) is 12.1 Å². The quantitative estimate of drug-likeness (QED) is 0.710. The largest absolute Gasteiger partial charge is 0.399 e. The normalized spacial score (nSPS) is 10.2. The van der Waals surface area contributed by atoms with Crippen LogP contribution in [-0.4, -0.2) is 15.0 Å². The summed E-state index contributed by atoms with van der Waals surface area (Å²) in [5.41, 5.74) is 12.7. The van der Waals surface area contributed by atoms with Gasteiger partial charge in [0.1, 0.15) is 16.7 Å². The van der Waals surface area contributed by atoms with Crippen LogP contribution in [0.15, 0.2) is 24.5 Å². The van der Waals surface area contributed by atoms with Gasteiger partial charge in [-0.25, -0.2) is 15.0 Å². The predicted molar refractivity (Wildman–Crippen MR) is 59.1 cm³/mol. The van der Waals surface area contributed by atoms with Gasteiger partial charge in [0, 0.05) is 5.69 Å². The molecule has 0 spiro atoms. The number of hydrogen-bond donors (Lipinski definition) is 2. The van der Waals surface area contributed by atoms with Crippen LogP contribution < -0.4 is 11.5 Å². The summed E-state index contributed by atoms with van der Waals surface area (Å²) in [6.07, 6.45) is 2.97. The fourth-order valence-corrected chi connectivity index (χ4v) is 1.34. The summed E-state index contributed by atoms with van der Waals surface area (Å²) in [6.45, 7) is 0. The molecule has 6 heteroatoms. The molecule has 0 aliphatic heterocycles. The van der Waals surface area contributed by atoms with Crippen LogP contribution in [0.2, 0.25) is 5.15 Å². The topological polar surface area (TPSA) is 90.7 Å². The van der Waals surface area contributed by atoms with Gasteiger partial charge in [0.15, 0.2) is 0 Å². The summed E-state index contributed by atoms with van der Waals surface area (Å²) in [5.74, 6) is 0.355. The monoisotopic (exact) mass is 221 g/mol. The maximum atomic E-state index is 5.77. The molecule has 15 heavy (non-hydrogen) atoms. The SMILES string of the molecule is Nc1cc(Cl)nc(-c2cnc(N)cn2)c1. The molecule has 2 rings (SSSR count). The van der Waals surface area contributed by atoms with Crippen LogP contribution in [-0.2, 0) is 0 Å². The summed E-state index contributed by atoms with van der Waals surface area (Å²) >= 11 is 5.77. The maximum Gasteiger partial charge on any atom is 0.141 e. The third-order valence-electron chi connectivity index (χ3n) is 1.75. The van der Waals surface area contributed by atoms with Gasteiger partial charge >= 0.3 is 0 Å². The molecule has 2 heterocycles. The molecule has 0 saturated heterocycles. The van der Waals surface area contributed by atoms with Gasteiger partial charge in [0.25, 0.3) is 0 Å². The second-order valence-electron chi connectivity index (χ2n) is 2.93. The first-order chi connectivity index (χ1) is 7.15. The Kier molecular flexibility index (Phi) is 2.39. The highest BCUT2D eigenvalue weighted by Crippen LogP contribution is 2.20. The predicted octanol–water partition coefficient (Wildman–Crippen LogP) is 1.36. The van der Waals surface area contributed by atoms with Crippen molar-refractivity contribution in [1.29, 1.82) is 0 Å². The smallest absolute Gasteiger partial charge is 0.141 e. The number of nitrogens with two attached hydrogens (primary N) is 2. The molecule has 0 amide bonds. The lowest BCUT2D eigenvalue weighted by atomic mass is 10.2. The fourth-order valence-electron chi connectivity index (χ4n) is 1.12. The molecule has 2 aromatic heterocycles. The van der Waals surface area contributed by atoms with Gasteiger partial charge in [0.2, 0.25) is 0 Å². The van der Waals surface area contributed by atoms with Gasteiger partial charge in [-0.2, -0.15) is 0 Å². The molecule has 0 aliphatic carbocycles. The number of halogens is 1. The Hall–Kier alpha value is -1.88. The van der Waals surface area contributed by atoms with E-state index >= 15 is 0 Å². The van der Waals surface area contributed by atoms with Crippen LogP contribution >= 0.6 is 11.6 Å². The number of rotatable bonds is 1. The molecule has 4 N–H and O–H groups in total. The lowest BCUT2D eigenvalue weighted by Crippen LogP contribution is -1.95. The maximum absolute atomic E-state index is 5.77. The molecule has 5 nitrogen and oxygen atoms in total. The van der Waals surface area contributed by atoms with Crippen molar-refractivity contribution >= 4 is 23.1 Å². The molecular weight excluding hydrogens is 214 g/mol. The average Bonchev–Trinajstić information content (AvgIpc) is 2.17. The lowest BCUT2D eigenvalue weighted by molar-refractivity contribution is 1.18. The van der Waals surface area contributed by atoms with Gasteiger partial charge in [-0.3, -0.25) is 0 Å². The molecular formula is C9H8ClN5. The number of pyridine rings is 1. The molecule has 0 unspecified atom stereocenters. The zero-order valence-corrected chi connectivity index (χ0v) is 8.44. The van der Waals surface area contributed by atoms with Crippen molar-refractivity contribution in [3.63, 3.8) is 0 Å². The molecule has 0 radical (unpaired) electrons. The molecule has 0 fully saturated rings. The molecule has 0 aliphatic rings.